The molecule has 2 rings (SSSR count). The summed E-state index contributed by atoms with van der Waals surface area (Å²) >= 11 is 0. The number of nitrogens with one attached hydrogen (secondary N) is 1. The number of aryl methyl sites for hydroxylation is 2. The molecule has 0 fully saturated rings. The van der Waals surface area contributed by atoms with Gasteiger partial charge in [0.25, 0.3) is 0 Å². The van der Waals surface area contributed by atoms with Crippen molar-refractivity contribution in [1.82, 2.24) is 0 Å². The summed E-state index contributed by atoms with van der Waals surface area (Å²) in [5, 5.41) is 2.78. The predicted molar refractivity (Wildman–Crippen MR) is 109 cm³/mol. The minimum absolute atomic E-state index is 0.0522. The van der Waals surface area contributed by atoms with Crippen molar-refractivity contribution < 1.29 is 17.9 Å². The van der Waals surface area contributed by atoms with Crippen molar-refractivity contribution in [3.63, 3.8) is 0 Å². The summed E-state index contributed by atoms with van der Waals surface area (Å²) < 4.78 is 31.2. The van der Waals surface area contributed by atoms with Crippen molar-refractivity contribution in [1.29, 1.82) is 0 Å². The lowest BCUT2D eigenvalue weighted by Crippen LogP contribution is -2.34. The maximum Gasteiger partial charge on any atom is 0.232 e. The summed E-state index contributed by atoms with van der Waals surface area (Å²) in [7, 11) is -1.94. The predicted octanol–water partition coefficient (Wildman–Crippen LogP) is 3.36. The molecule has 0 saturated heterocycles. The van der Waals surface area contributed by atoms with Gasteiger partial charge in [-0.2, -0.15) is 0 Å². The van der Waals surface area contributed by atoms with Gasteiger partial charge in [0.1, 0.15) is 5.75 Å². The van der Waals surface area contributed by atoms with E-state index in [0.29, 0.717) is 23.5 Å². The first kappa shape index (κ1) is 20.8. The lowest BCUT2D eigenvalue weighted by atomic mass is 10.1. The standard InChI is InChI=1S/C20H26N2O4S/c1-5-16-8-6-7-15(2)20(16)22(27(4,24)25)14-13-19(23)21-17-9-11-18(26-3)12-10-17/h6-12H,5,13-14H2,1-4H3,(H,21,23). The van der Waals surface area contributed by atoms with Gasteiger partial charge in [-0.05, 0) is 48.7 Å². The van der Waals surface area contributed by atoms with Crippen molar-refractivity contribution >= 4 is 27.3 Å². The monoisotopic (exact) mass is 390 g/mol. The summed E-state index contributed by atoms with van der Waals surface area (Å²) in [6, 6.07) is 12.7. The zero-order chi connectivity index (χ0) is 20.0. The molecule has 0 unspecified atom stereocenters. The van der Waals surface area contributed by atoms with Gasteiger partial charge >= 0.3 is 0 Å². The van der Waals surface area contributed by atoms with Crippen LogP contribution in [-0.2, 0) is 21.2 Å². The molecule has 2 aromatic carbocycles. The Morgan fingerprint density at radius 1 is 1.15 bits per heavy atom. The van der Waals surface area contributed by atoms with Gasteiger partial charge in [-0.3, -0.25) is 9.10 Å². The Bertz CT molecular complexity index is 893. The second kappa shape index (κ2) is 8.90. The highest BCUT2D eigenvalue weighted by molar-refractivity contribution is 7.92. The van der Waals surface area contributed by atoms with Crippen LogP contribution in [-0.4, -0.2) is 34.2 Å². The average molecular weight is 391 g/mol. The Balaban J connectivity index is 2.15. The minimum Gasteiger partial charge on any atom is -0.497 e. The Morgan fingerprint density at radius 3 is 2.37 bits per heavy atom. The van der Waals surface area contributed by atoms with E-state index in [9.17, 15) is 13.2 Å². The summed E-state index contributed by atoms with van der Waals surface area (Å²) in [5.74, 6) is 0.448. The van der Waals surface area contributed by atoms with Crippen molar-refractivity contribution in [3.8, 4) is 5.75 Å². The summed E-state index contributed by atoms with van der Waals surface area (Å²) in [6.07, 6.45) is 1.93. The Hall–Kier alpha value is -2.54. The maximum absolute atomic E-state index is 12.4. The highest BCUT2D eigenvalue weighted by Gasteiger charge is 2.22. The number of para-hydroxylation sites is 1. The van der Waals surface area contributed by atoms with Crippen LogP contribution in [0, 0.1) is 6.92 Å². The number of hydrogen-bond donors (Lipinski definition) is 1. The molecule has 1 N–H and O–H groups in total. The molecule has 1 amide bonds. The van der Waals surface area contributed by atoms with Gasteiger partial charge in [0.05, 0.1) is 19.1 Å². The minimum atomic E-state index is -3.51. The van der Waals surface area contributed by atoms with Gasteiger partial charge in [-0.15, -0.1) is 0 Å². The molecule has 0 spiro atoms. The van der Waals surface area contributed by atoms with E-state index >= 15 is 0 Å². The summed E-state index contributed by atoms with van der Waals surface area (Å²) in [5.41, 5.74) is 3.11. The summed E-state index contributed by atoms with van der Waals surface area (Å²) in [4.78, 5) is 12.3. The van der Waals surface area contributed by atoms with Crippen LogP contribution in [0.15, 0.2) is 42.5 Å². The Morgan fingerprint density at radius 2 is 1.81 bits per heavy atom. The number of carbonyl (C=O) groups is 1. The number of methoxy groups -OCH3 is 1. The van der Waals surface area contributed by atoms with E-state index in [1.165, 1.54) is 10.6 Å². The highest BCUT2D eigenvalue weighted by Crippen LogP contribution is 2.28. The molecule has 27 heavy (non-hydrogen) atoms. The third-order valence-corrected chi connectivity index (χ3v) is 5.43. The molecule has 0 aliphatic heterocycles. The number of rotatable bonds is 8. The van der Waals surface area contributed by atoms with E-state index in [2.05, 4.69) is 5.32 Å². The zero-order valence-electron chi connectivity index (χ0n) is 16.2. The fourth-order valence-corrected chi connectivity index (χ4v) is 3.92. The van der Waals surface area contributed by atoms with Crippen molar-refractivity contribution in [3.05, 3.63) is 53.6 Å². The fraction of sp³-hybridized carbons (Fsp3) is 0.350. The number of benzene rings is 2. The van der Waals surface area contributed by atoms with Crippen LogP contribution >= 0.6 is 0 Å². The number of sulfonamides is 1. The molecule has 0 aliphatic rings. The van der Waals surface area contributed by atoms with Gasteiger partial charge in [0.15, 0.2) is 0 Å². The molecule has 0 bridgehead atoms. The first-order chi connectivity index (χ1) is 12.8. The number of nitrogens with zero attached hydrogens (tertiary/aromatic N) is 1. The SMILES string of the molecule is CCc1cccc(C)c1N(CCC(=O)Nc1ccc(OC)cc1)S(C)(=O)=O. The van der Waals surface area contributed by atoms with Crippen LogP contribution in [0.5, 0.6) is 5.75 Å². The average Bonchev–Trinajstić information content (AvgIpc) is 2.62. The molecular weight excluding hydrogens is 364 g/mol. The molecule has 0 heterocycles. The Labute approximate surface area is 161 Å². The van der Waals surface area contributed by atoms with Gasteiger partial charge in [0.2, 0.25) is 15.9 Å². The third-order valence-electron chi connectivity index (χ3n) is 4.27. The van der Waals surface area contributed by atoms with Crippen molar-refractivity contribution in [2.45, 2.75) is 26.7 Å². The smallest absolute Gasteiger partial charge is 0.232 e. The van der Waals surface area contributed by atoms with E-state index in [1.54, 1.807) is 31.4 Å². The molecule has 0 atom stereocenters. The molecule has 0 radical (unpaired) electrons. The van der Waals surface area contributed by atoms with Gasteiger partial charge < -0.3 is 10.1 Å². The van der Waals surface area contributed by atoms with Crippen molar-refractivity contribution in [2.24, 2.45) is 0 Å². The van der Waals surface area contributed by atoms with E-state index < -0.39 is 10.0 Å². The highest BCUT2D eigenvalue weighted by atomic mass is 32.2. The van der Waals surface area contributed by atoms with E-state index in [-0.39, 0.29) is 18.9 Å². The number of ether oxygens (including phenoxy) is 1. The van der Waals surface area contributed by atoms with Crippen molar-refractivity contribution in [2.75, 3.05) is 29.5 Å². The lowest BCUT2D eigenvalue weighted by molar-refractivity contribution is -0.116. The quantitative estimate of drug-likeness (QED) is 0.750. The molecule has 6 nitrogen and oxygen atoms in total. The van der Waals surface area contributed by atoms with E-state index in [0.717, 1.165) is 11.1 Å². The largest absolute Gasteiger partial charge is 0.497 e. The zero-order valence-corrected chi connectivity index (χ0v) is 17.0. The van der Waals surface area contributed by atoms with Crippen LogP contribution in [0.3, 0.4) is 0 Å². The Kier molecular flexibility index (Phi) is 6.85. The van der Waals surface area contributed by atoms with Crippen LogP contribution in [0.2, 0.25) is 0 Å². The summed E-state index contributed by atoms with van der Waals surface area (Å²) in [6.45, 7) is 3.94. The first-order valence-electron chi connectivity index (χ1n) is 8.76. The van der Waals surface area contributed by atoms with E-state index in [1.807, 2.05) is 32.0 Å². The van der Waals surface area contributed by atoms with Gasteiger partial charge in [-0.25, -0.2) is 8.42 Å². The molecule has 0 aliphatic carbocycles. The number of anilines is 2. The number of amides is 1. The van der Waals surface area contributed by atoms with Gasteiger partial charge in [0, 0.05) is 18.7 Å². The first-order valence-corrected chi connectivity index (χ1v) is 10.6. The maximum atomic E-state index is 12.4. The topological polar surface area (TPSA) is 75.7 Å². The van der Waals surface area contributed by atoms with Crippen LogP contribution in [0.1, 0.15) is 24.5 Å². The lowest BCUT2D eigenvalue weighted by Gasteiger charge is -2.26. The molecule has 0 saturated carbocycles. The second-order valence-electron chi connectivity index (χ2n) is 6.30. The number of hydrogen-bond acceptors (Lipinski definition) is 4. The molecule has 2 aromatic rings. The van der Waals surface area contributed by atoms with Crippen LogP contribution in [0.25, 0.3) is 0 Å². The van der Waals surface area contributed by atoms with E-state index in [4.69, 9.17) is 4.74 Å². The van der Waals surface area contributed by atoms with Crippen LogP contribution in [0.4, 0.5) is 11.4 Å². The second-order valence-corrected chi connectivity index (χ2v) is 8.20. The number of carbonyl (C=O) groups excluding carboxylic acids is 1. The molecule has 0 aromatic heterocycles. The third kappa shape index (κ3) is 5.47. The molecule has 146 valence electrons. The normalized spacial score (nSPS) is 11.1. The molecule has 7 heteroatoms. The van der Waals surface area contributed by atoms with Gasteiger partial charge in [-0.1, -0.05) is 25.1 Å². The fourth-order valence-electron chi connectivity index (χ4n) is 2.91. The van der Waals surface area contributed by atoms with Crippen LogP contribution < -0.4 is 14.4 Å². The molecular formula is C20H26N2O4S.